The second-order valence-corrected chi connectivity index (χ2v) is 5.99. The molecule has 1 aromatic carbocycles. The summed E-state index contributed by atoms with van der Waals surface area (Å²) in [5, 5.41) is 0. The molecule has 2 N–H and O–H groups in total. The third kappa shape index (κ3) is 3.08. The van der Waals surface area contributed by atoms with Gasteiger partial charge in [0.2, 0.25) is 0 Å². The van der Waals surface area contributed by atoms with E-state index in [-0.39, 0.29) is 18.1 Å². The largest absolute Gasteiger partial charge is 0.326 e. The van der Waals surface area contributed by atoms with Gasteiger partial charge in [0.25, 0.3) is 5.56 Å². The Morgan fingerprint density at radius 1 is 1.00 bits per heavy atom. The maximum Gasteiger partial charge on any atom is 0.255 e. The lowest BCUT2D eigenvalue weighted by Crippen LogP contribution is -2.27. The van der Waals surface area contributed by atoms with Crippen molar-refractivity contribution < 1.29 is 0 Å². The summed E-state index contributed by atoms with van der Waals surface area (Å²) in [4.78, 5) is 12.5. The zero-order valence-corrected chi connectivity index (χ0v) is 13.3. The molecule has 0 radical (unpaired) electrons. The number of benzene rings is 1. The van der Waals surface area contributed by atoms with E-state index in [0.29, 0.717) is 11.5 Å². The quantitative estimate of drug-likeness (QED) is 0.931. The minimum absolute atomic E-state index is 0.0120. The summed E-state index contributed by atoms with van der Waals surface area (Å²) in [7, 11) is 0. The van der Waals surface area contributed by atoms with Crippen LogP contribution in [0.1, 0.15) is 50.8 Å². The Balaban J connectivity index is 2.58. The van der Waals surface area contributed by atoms with E-state index in [1.165, 1.54) is 5.56 Å². The van der Waals surface area contributed by atoms with Gasteiger partial charge in [-0.3, -0.25) is 4.79 Å². The van der Waals surface area contributed by atoms with E-state index in [9.17, 15) is 4.79 Å². The van der Waals surface area contributed by atoms with Crippen LogP contribution in [0.5, 0.6) is 0 Å². The molecule has 0 aliphatic heterocycles. The molecule has 0 aliphatic rings. The average Bonchev–Trinajstić information content (AvgIpc) is 2.46. The third-order valence-corrected chi connectivity index (χ3v) is 3.80. The van der Waals surface area contributed by atoms with Gasteiger partial charge in [0, 0.05) is 18.2 Å². The number of nitrogens with zero attached hydrogens (tertiary/aromatic N) is 1. The van der Waals surface area contributed by atoms with Crippen molar-refractivity contribution in [3.05, 3.63) is 57.9 Å². The lowest BCUT2D eigenvalue weighted by atomic mass is 10.00. The van der Waals surface area contributed by atoms with Gasteiger partial charge in [0.1, 0.15) is 0 Å². The zero-order valence-electron chi connectivity index (χ0n) is 13.3. The van der Waals surface area contributed by atoms with Crippen LogP contribution in [-0.4, -0.2) is 4.57 Å². The maximum atomic E-state index is 12.5. The molecule has 0 aliphatic carbocycles. The van der Waals surface area contributed by atoms with E-state index >= 15 is 0 Å². The van der Waals surface area contributed by atoms with Gasteiger partial charge in [0.15, 0.2) is 0 Å². The Bertz CT molecular complexity index is 667. The first kappa shape index (κ1) is 15.5. The standard InChI is InChI=1S/C18H24N2O/c1-12(2)14-5-7-15(8-6-14)17-10-9-16(11-19)18(21)20(17)13(3)4/h5-10,12-13H,11,19H2,1-4H3. The van der Waals surface area contributed by atoms with E-state index in [0.717, 1.165) is 11.3 Å². The van der Waals surface area contributed by atoms with Gasteiger partial charge in [-0.25, -0.2) is 0 Å². The van der Waals surface area contributed by atoms with Gasteiger partial charge in [-0.15, -0.1) is 0 Å². The van der Waals surface area contributed by atoms with E-state index in [2.05, 4.69) is 38.1 Å². The number of aromatic nitrogens is 1. The monoisotopic (exact) mass is 284 g/mol. The van der Waals surface area contributed by atoms with Gasteiger partial charge in [-0.05, 0) is 37.0 Å². The molecule has 0 unspecified atom stereocenters. The van der Waals surface area contributed by atoms with Gasteiger partial charge in [-0.2, -0.15) is 0 Å². The van der Waals surface area contributed by atoms with Crippen molar-refractivity contribution in [3.63, 3.8) is 0 Å². The number of hydrogen-bond donors (Lipinski definition) is 1. The third-order valence-electron chi connectivity index (χ3n) is 3.80. The van der Waals surface area contributed by atoms with Gasteiger partial charge in [0.05, 0.1) is 5.69 Å². The van der Waals surface area contributed by atoms with Gasteiger partial charge < -0.3 is 10.3 Å². The highest BCUT2D eigenvalue weighted by Crippen LogP contribution is 2.24. The molecule has 0 spiro atoms. The van der Waals surface area contributed by atoms with Crippen LogP contribution in [0.4, 0.5) is 0 Å². The highest BCUT2D eigenvalue weighted by Gasteiger charge is 2.12. The average molecular weight is 284 g/mol. The Morgan fingerprint density at radius 3 is 2.10 bits per heavy atom. The summed E-state index contributed by atoms with van der Waals surface area (Å²) >= 11 is 0. The molecule has 1 aromatic heterocycles. The molecule has 0 bridgehead atoms. The minimum Gasteiger partial charge on any atom is -0.326 e. The zero-order chi connectivity index (χ0) is 15.6. The van der Waals surface area contributed by atoms with Crippen molar-refractivity contribution in [2.24, 2.45) is 5.73 Å². The van der Waals surface area contributed by atoms with Crippen LogP contribution in [0, 0.1) is 0 Å². The number of nitrogens with two attached hydrogens (primary N) is 1. The fourth-order valence-corrected chi connectivity index (χ4v) is 2.54. The first-order valence-electron chi connectivity index (χ1n) is 7.50. The molecule has 0 atom stereocenters. The fraction of sp³-hybridized carbons (Fsp3) is 0.389. The van der Waals surface area contributed by atoms with Crippen molar-refractivity contribution in [2.75, 3.05) is 0 Å². The highest BCUT2D eigenvalue weighted by molar-refractivity contribution is 5.60. The molecule has 2 aromatic rings. The molecule has 0 fully saturated rings. The topological polar surface area (TPSA) is 48.0 Å². The van der Waals surface area contributed by atoms with E-state index in [4.69, 9.17) is 5.73 Å². The van der Waals surface area contributed by atoms with Crippen LogP contribution in [0.15, 0.2) is 41.2 Å². The van der Waals surface area contributed by atoms with Crippen LogP contribution < -0.4 is 11.3 Å². The SMILES string of the molecule is CC(C)c1ccc(-c2ccc(CN)c(=O)n2C(C)C)cc1. The van der Waals surface area contributed by atoms with Gasteiger partial charge in [-0.1, -0.05) is 44.2 Å². The van der Waals surface area contributed by atoms with Crippen molar-refractivity contribution in [3.8, 4) is 11.3 Å². The normalized spacial score (nSPS) is 11.4. The minimum atomic E-state index is 0.0120. The van der Waals surface area contributed by atoms with Crippen LogP contribution >= 0.6 is 0 Å². The Morgan fingerprint density at radius 2 is 1.62 bits per heavy atom. The molecule has 2 rings (SSSR count). The van der Waals surface area contributed by atoms with Crippen molar-refractivity contribution in [2.45, 2.75) is 46.2 Å². The van der Waals surface area contributed by atoms with E-state index in [1.807, 2.05) is 30.5 Å². The van der Waals surface area contributed by atoms with E-state index < -0.39 is 0 Å². The van der Waals surface area contributed by atoms with E-state index in [1.54, 1.807) is 0 Å². The Kier molecular flexibility index (Phi) is 4.63. The molecular weight excluding hydrogens is 260 g/mol. The highest BCUT2D eigenvalue weighted by atomic mass is 16.1. The summed E-state index contributed by atoms with van der Waals surface area (Å²) in [6, 6.07) is 12.4. The van der Waals surface area contributed by atoms with Crippen LogP contribution in [0.2, 0.25) is 0 Å². The smallest absolute Gasteiger partial charge is 0.255 e. The lowest BCUT2D eigenvalue weighted by Gasteiger charge is -2.18. The first-order valence-corrected chi connectivity index (χ1v) is 7.50. The summed E-state index contributed by atoms with van der Waals surface area (Å²) in [6.45, 7) is 8.67. The van der Waals surface area contributed by atoms with Crippen LogP contribution in [-0.2, 0) is 6.54 Å². The van der Waals surface area contributed by atoms with Gasteiger partial charge >= 0.3 is 0 Å². The summed E-state index contributed by atoms with van der Waals surface area (Å²) in [5.74, 6) is 0.506. The molecule has 3 heteroatoms. The predicted octanol–water partition coefficient (Wildman–Crippen LogP) is 3.68. The molecule has 0 amide bonds. The molecular formula is C18H24N2O. The molecule has 0 saturated heterocycles. The molecule has 112 valence electrons. The van der Waals surface area contributed by atoms with Crippen LogP contribution in [0.3, 0.4) is 0 Å². The second-order valence-electron chi connectivity index (χ2n) is 5.99. The summed E-state index contributed by atoms with van der Waals surface area (Å²) < 4.78 is 1.83. The molecule has 21 heavy (non-hydrogen) atoms. The van der Waals surface area contributed by atoms with Crippen LogP contribution in [0.25, 0.3) is 11.3 Å². The second kappa shape index (κ2) is 6.27. The summed E-state index contributed by atoms with van der Waals surface area (Å²) in [6.07, 6.45) is 0. The van der Waals surface area contributed by atoms with Crippen molar-refractivity contribution >= 4 is 0 Å². The number of hydrogen-bond acceptors (Lipinski definition) is 2. The predicted molar refractivity (Wildman–Crippen MR) is 88.5 cm³/mol. The maximum absolute atomic E-state index is 12.5. The Labute approximate surface area is 126 Å². The molecule has 3 nitrogen and oxygen atoms in total. The lowest BCUT2D eigenvalue weighted by molar-refractivity contribution is 0.580. The first-order chi connectivity index (χ1) is 9.95. The van der Waals surface area contributed by atoms with Crippen molar-refractivity contribution in [1.29, 1.82) is 0 Å². The molecule has 1 heterocycles. The summed E-state index contributed by atoms with van der Waals surface area (Å²) in [5.41, 5.74) is 9.63. The number of pyridine rings is 1. The Hall–Kier alpha value is -1.87. The fourth-order valence-electron chi connectivity index (χ4n) is 2.54. The van der Waals surface area contributed by atoms with Crippen molar-refractivity contribution in [1.82, 2.24) is 4.57 Å². The number of rotatable bonds is 4. The molecule has 0 saturated carbocycles.